The number of unbranched alkanes of at least 4 members (excludes halogenated alkanes) is 9. The number of quaternary nitrogens is 1. The number of nitrogen functional groups attached to an aromatic ring is 1. The van der Waals surface area contributed by atoms with Crippen molar-refractivity contribution in [3.8, 4) is 5.69 Å². The highest BCUT2D eigenvalue weighted by Crippen LogP contribution is 2.33. The molecule has 7 rings (SSSR count). The van der Waals surface area contributed by atoms with E-state index in [4.69, 9.17) is 21.4 Å². The van der Waals surface area contributed by atoms with Crippen molar-refractivity contribution in [3.05, 3.63) is 137 Å². The molecule has 8 N–H and O–H groups in total. The lowest BCUT2D eigenvalue weighted by atomic mass is 10.0. The van der Waals surface area contributed by atoms with Gasteiger partial charge in [0.05, 0.1) is 0 Å². The summed E-state index contributed by atoms with van der Waals surface area (Å²) in [6.45, 7) is 10.4. The van der Waals surface area contributed by atoms with Crippen LogP contribution in [0.1, 0.15) is 94.2 Å². The number of allylic oxidation sites excluding steroid dienone is 3. The zero-order chi connectivity index (χ0) is 41.8. The first-order valence-corrected chi connectivity index (χ1v) is 22.1. The van der Waals surface area contributed by atoms with Crippen LogP contribution in [0.4, 0.5) is 34.1 Å². The molecule has 0 saturated carbocycles. The Bertz CT molecular complexity index is 2500. The SMILES string of the molecule is CC1=CC(=Nc2ccc(NCCCCCCCCCCCCNc3cc4c(cc3C)nc3cc(C)c(N)cc3[n+]4-c3ccccc3)c(C)c2[NH2+]c2ccccc2)CC=C1N. The third-order valence-electron chi connectivity index (χ3n) is 11.9. The smallest absolute Gasteiger partial charge is 0.239 e. The fraction of sp³-hybridized carbons (Fsp3) is 0.327. The Kier molecular flexibility index (Phi) is 14.3. The van der Waals surface area contributed by atoms with Crippen LogP contribution in [-0.2, 0) is 0 Å². The van der Waals surface area contributed by atoms with Crippen LogP contribution in [-0.4, -0.2) is 23.8 Å². The summed E-state index contributed by atoms with van der Waals surface area (Å²) in [6, 6.07) is 34.0. The van der Waals surface area contributed by atoms with Crippen molar-refractivity contribution in [2.45, 2.75) is 98.3 Å². The van der Waals surface area contributed by atoms with Crippen LogP contribution < -0.4 is 32.0 Å². The van der Waals surface area contributed by atoms with Gasteiger partial charge in [-0.1, -0.05) is 93.8 Å². The number of fused-ring (bicyclic) bond motifs is 2. The summed E-state index contributed by atoms with van der Waals surface area (Å²) in [6.07, 6.45) is 17.7. The molecule has 1 aromatic heterocycles. The number of para-hydroxylation sites is 2. The highest BCUT2D eigenvalue weighted by atomic mass is 15.0. The van der Waals surface area contributed by atoms with Gasteiger partial charge in [-0.25, -0.2) is 9.98 Å². The summed E-state index contributed by atoms with van der Waals surface area (Å²) in [7, 11) is 0. The van der Waals surface area contributed by atoms with E-state index in [0.717, 1.165) is 86.9 Å². The van der Waals surface area contributed by atoms with Crippen molar-refractivity contribution >= 4 is 61.9 Å². The van der Waals surface area contributed by atoms with E-state index in [0.29, 0.717) is 0 Å². The fourth-order valence-electron chi connectivity index (χ4n) is 8.23. The van der Waals surface area contributed by atoms with Crippen LogP contribution in [0.2, 0.25) is 0 Å². The van der Waals surface area contributed by atoms with Crippen molar-refractivity contribution in [1.82, 2.24) is 4.98 Å². The molecule has 0 unspecified atom stereocenters. The van der Waals surface area contributed by atoms with E-state index < -0.39 is 0 Å². The van der Waals surface area contributed by atoms with Crippen LogP contribution in [0.25, 0.3) is 27.8 Å². The summed E-state index contributed by atoms with van der Waals surface area (Å²) in [5, 5.41) is 9.74. The lowest BCUT2D eigenvalue weighted by Gasteiger charge is -2.15. The largest absolute Gasteiger partial charge is 0.399 e. The maximum atomic E-state index is 6.40. The summed E-state index contributed by atoms with van der Waals surface area (Å²) in [4.78, 5) is 10.2. The van der Waals surface area contributed by atoms with E-state index in [1.54, 1.807) is 0 Å². The van der Waals surface area contributed by atoms with E-state index in [2.05, 4.69) is 144 Å². The highest BCUT2D eigenvalue weighted by Gasteiger charge is 2.22. The van der Waals surface area contributed by atoms with Crippen LogP contribution >= 0.6 is 0 Å². The second-order valence-corrected chi connectivity index (χ2v) is 16.5. The number of benzene rings is 5. The lowest BCUT2D eigenvalue weighted by molar-refractivity contribution is -0.538. The molecule has 8 nitrogen and oxygen atoms in total. The normalized spacial score (nSPS) is 13.5. The number of nitrogens with zero attached hydrogens (tertiary/aromatic N) is 3. The number of nitrogens with one attached hydrogen (secondary N) is 2. The Balaban J connectivity index is 0.816. The van der Waals surface area contributed by atoms with E-state index >= 15 is 0 Å². The van der Waals surface area contributed by atoms with Crippen molar-refractivity contribution in [1.29, 1.82) is 0 Å². The number of hydrogen-bond donors (Lipinski definition) is 5. The van der Waals surface area contributed by atoms with Gasteiger partial charge in [-0.15, -0.1) is 4.57 Å². The monoisotopic (exact) mass is 801 g/mol. The molecule has 310 valence electrons. The Labute approximate surface area is 356 Å². The van der Waals surface area contributed by atoms with Gasteiger partial charge in [-0.05, 0) is 99.7 Å². The topological polar surface area (TPSA) is 122 Å². The third-order valence-corrected chi connectivity index (χ3v) is 11.9. The Hall–Kier alpha value is -5.99. The molecule has 0 aliphatic heterocycles. The van der Waals surface area contributed by atoms with Gasteiger partial charge in [-0.3, -0.25) is 5.32 Å². The second-order valence-electron chi connectivity index (χ2n) is 16.5. The Morgan fingerprint density at radius 1 is 0.650 bits per heavy atom. The molecule has 0 bridgehead atoms. The summed E-state index contributed by atoms with van der Waals surface area (Å²) < 4.78 is 2.29. The molecule has 1 heterocycles. The number of aromatic nitrogens is 2. The van der Waals surface area contributed by atoms with E-state index in [9.17, 15) is 0 Å². The van der Waals surface area contributed by atoms with Gasteiger partial charge in [0, 0.05) is 77.8 Å². The first-order chi connectivity index (χ1) is 29.2. The fourth-order valence-corrected chi connectivity index (χ4v) is 8.23. The zero-order valence-electron chi connectivity index (χ0n) is 36.2. The maximum absolute atomic E-state index is 6.40. The van der Waals surface area contributed by atoms with Gasteiger partial charge in [0.2, 0.25) is 16.7 Å². The molecule has 5 aromatic carbocycles. The average molecular weight is 801 g/mol. The minimum Gasteiger partial charge on any atom is -0.399 e. The molecule has 1 aliphatic carbocycles. The standard InChI is InChI=1S/C52H62N8/c1-36-31-41(25-26-43(36)53)57-46-28-27-45(39(4)52(46)58-40-21-15-13-16-22-40)55-29-19-11-9-7-5-6-8-10-12-20-30-56-47-35-51-49(33-38(47)3)59-48-32-37(2)44(54)34-50(48)60(51)42-23-17-14-18-24-42/h13-18,21-24,26-28,31-35,55,58H,5-12,19-20,25,29-30,53H2,1-4H3,(H2,54,56)/p+2. The van der Waals surface area contributed by atoms with Gasteiger partial charge < -0.3 is 22.1 Å². The number of aryl methyl sites for hydroxylation is 2. The molecule has 0 fully saturated rings. The van der Waals surface area contributed by atoms with Crippen molar-refractivity contribution in [2.24, 2.45) is 10.7 Å². The number of nitrogens with two attached hydrogens (primary N) is 3. The number of aliphatic imine (C=N–C) groups is 1. The van der Waals surface area contributed by atoms with Gasteiger partial charge in [0.1, 0.15) is 22.4 Å². The number of rotatable bonds is 19. The first-order valence-electron chi connectivity index (χ1n) is 22.1. The maximum Gasteiger partial charge on any atom is 0.239 e. The molecule has 60 heavy (non-hydrogen) atoms. The Morgan fingerprint density at radius 2 is 1.23 bits per heavy atom. The van der Waals surface area contributed by atoms with Gasteiger partial charge in [0.15, 0.2) is 5.69 Å². The Morgan fingerprint density at radius 3 is 1.88 bits per heavy atom. The molecule has 0 radical (unpaired) electrons. The summed E-state index contributed by atoms with van der Waals surface area (Å²) >= 11 is 0. The molecule has 0 saturated heterocycles. The molecule has 1 aliphatic rings. The molecule has 0 amide bonds. The molecule has 6 aromatic rings. The first kappa shape index (κ1) is 42.1. The predicted molar refractivity (Wildman–Crippen MR) is 254 cm³/mol. The number of hydrogen-bond acceptors (Lipinski definition) is 6. The van der Waals surface area contributed by atoms with E-state index in [-0.39, 0.29) is 0 Å². The van der Waals surface area contributed by atoms with E-state index in [1.165, 1.54) is 92.4 Å². The zero-order valence-corrected chi connectivity index (χ0v) is 36.2. The quantitative estimate of drug-likeness (QED) is 0.0242. The second kappa shape index (κ2) is 20.3. The molecule has 0 spiro atoms. The summed E-state index contributed by atoms with van der Waals surface area (Å²) in [5.41, 5.74) is 30.5. The molecular weight excluding hydrogens is 737 g/mol. The average Bonchev–Trinajstić information content (AvgIpc) is 3.25. The highest BCUT2D eigenvalue weighted by molar-refractivity contribution is 6.00. The predicted octanol–water partition coefficient (Wildman–Crippen LogP) is 11.4. The molecular formula is C52H64N8+2. The molecule has 8 heteroatoms. The lowest BCUT2D eigenvalue weighted by Crippen LogP contribution is -2.71. The van der Waals surface area contributed by atoms with Crippen molar-refractivity contribution in [2.75, 3.05) is 29.5 Å². The van der Waals surface area contributed by atoms with Gasteiger partial charge in [0.25, 0.3) is 0 Å². The van der Waals surface area contributed by atoms with Crippen molar-refractivity contribution in [3.63, 3.8) is 0 Å². The van der Waals surface area contributed by atoms with Crippen LogP contribution in [0, 0.1) is 20.8 Å². The minimum absolute atomic E-state index is 0.752. The number of anilines is 3. The summed E-state index contributed by atoms with van der Waals surface area (Å²) in [5.74, 6) is 0. The van der Waals surface area contributed by atoms with Crippen LogP contribution in [0.15, 0.2) is 125 Å². The van der Waals surface area contributed by atoms with E-state index in [1.807, 2.05) is 13.8 Å². The van der Waals surface area contributed by atoms with Gasteiger partial charge >= 0.3 is 0 Å². The minimum atomic E-state index is 0.752. The van der Waals surface area contributed by atoms with Crippen molar-refractivity contribution < 1.29 is 9.88 Å². The van der Waals surface area contributed by atoms with Gasteiger partial charge in [-0.2, -0.15) is 0 Å². The third kappa shape index (κ3) is 10.6. The van der Waals surface area contributed by atoms with Crippen LogP contribution in [0.5, 0.6) is 0 Å². The van der Waals surface area contributed by atoms with Crippen LogP contribution in [0.3, 0.4) is 0 Å². The molecule has 0 atom stereocenters.